The third-order valence-electron chi connectivity index (χ3n) is 3.79. The van der Waals surface area contributed by atoms with Gasteiger partial charge < -0.3 is 13.6 Å². The van der Waals surface area contributed by atoms with Gasteiger partial charge in [0.2, 0.25) is 0 Å². The fourth-order valence-electron chi connectivity index (χ4n) is 3.03. The summed E-state index contributed by atoms with van der Waals surface area (Å²) in [5, 5.41) is 0. The fourth-order valence-corrected chi connectivity index (χ4v) is 9.95. The van der Waals surface area contributed by atoms with Gasteiger partial charge in [-0.15, -0.1) is 0 Å². The number of hydrogen-bond acceptors (Lipinski definition) is 3. The molecule has 2 rings (SSSR count). The van der Waals surface area contributed by atoms with E-state index in [4.69, 9.17) is 8.85 Å². The Kier molecular flexibility index (Phi) is 3.86. The molecule has 3 nitrogen and oxygen atoms in total. The molecule has 2 fully saturated rings. The Morgan fingerprint density at radius 2 is 1.88 bits per heavy atom. The van der Waals surface area contributed by atoms with Crippen LogP contribution in [0.1, 0.15) is 25.7 Å². The van der Waals surface area contributed by atoms with Gasteiger partial charge in [0.1, 0.15) is 0 Å². The largest absolute Gasteiger partial charge is 0.436 e. The Hall–Kier alpha value is 0.314. The van der Waals surface area contributed by atoms with Gasteiger partial charge in [-0.1, -0.05) is 6.42 Å². The van der Waals surface area contributed by atoms with E-state index in [0.29, 0.717) is 12.2 Å². The van der Waals surface area contributed by atoms with Crippen LogP contribution in [0.5, 0.6) is 0 Å². The minimum Gasteiger partial charge on any atom is -0.436 e. The number of rotatable bonds is 5. The highest BCUT2D eigenvalue weighted by Gasteiger charge is 2.44. The summed E-state index contributed by atoms with van der Waals surface area (Å²) in [6.45, 7) is 8.20. The molecular formula is C12H26O3Si2. The Balaban J connectivity index is 1.72. The summed E-state index contributed by atoms with van der Waals surface area (Å²) in [6.07, 6.45) is 6.30. The lowest BCUT2D eigenvalue weighted by Gasteiger charge is -2.31. The molecule has 2 aliphatic rings. The van der Waals surface area contributed by atoms with Crippen LogP contribution in [0.25, 0.3) is 0 Å². The van der Waals surface area contributed by atoms with Crippen molar-refractivity contribution in [3.63, 3.8) is 0 Å². The molecule has 100 valence electrons. The average molecular weight is 275 g/mol. The molecule has 0 aromatic heterocycles. The second-order valence-corrected chi connectivity index (χ2v) is 14.5. The zero-order valence-corrected chi connectivity index (χ0v) is 13.5. The molecule has 0 radical (unpaired) electrons. The maximum absolute atomic E-state index is 9.87. The van der Waals surface area contributed by atoms with Gasteiger partial charge in [-0.05, 0) is 57.4 Å². The van der Waals surface area contributed by atoms with E-state index in [1.807, 2.05) is 13.1 Å². The molecule has 17 heavy (non-hydrogen) atoms. The van der Waals surface area contributed by atoms with Crippen LogP contribution in [0.15, 0.2) is 0 Å². The first-order chi connectivity index (χ1) is 7.75. The molecule has 1 N–H and O–H groups in total. The summed E-state index contributed by atoms with van der Waals surface area (Å²) in [4.78, 5) is 9.87. The summed E-state index contributed by atoms with van der Waals surface area (Å²) in [5.41, 5.74) is 0. The van der Waals surface area contributed by atoms with Crippen molar-refractivity contribution in [3.05, 3.63) is 0 Å². The smallest absolute Gasteiger partial charge is 0.318 e. The highest BCUT2D eigenvalue weighted by Crippen LogP contribution is 2.41. The quantitative estimate of drug-likeness (QED) is 0.619. The molecule has 0 bridgehead atoms. The summed E-state index contributed by atoms with van der Waals surface area (Å²) < 4.78 is 11.5. The number of hydrogen-bond donors (Lipinski definition) is 1. The number of ether oxygens (including phenoxy) is 1. The van der Waals surface area contributed by atoms with E-state index < -0.39 is 16.9 Å². The van der Waals surface area contributed by atoms with Crippen molar-refractivity contribution in [3.8, 4) is 0 Å². The fraction of sp³-hybridized carbons (Fsp3) is 1.00. The van der Waals surface area contributed by atoms with E-state index in [0.717, 1.165) is 5.92 Å². The Morgan fingerprint density at radius 3 is 2.47 bits per heavy atom. The molecule has 3 atom stereocenters. The van der Waals surface area contributed by atoms with Crippen LogP contribution in [0.2, 0.25) is 32.2 Å². The van der Waals surface area contributed by atoms with Crippen molar-refractivity contribution >= 4 is 16.9 Å². The maximum atomic E-state index is 9.87. The Morgan fingerprint density at radius 1 is 1.18 bits per heavy atom. The van der Waals surface area contributed by atoms with Crippen LogP contribution in [0, 0.1) is 5.92 Å². The van der Waals surface area contributed by atoms with Crippen molar-refractivity contribution < 1.29 is 13.6 Å². The second kappa shape index (κ2) is 4.77. The Labute approximate surface area is 107 Å². The van der Waals surface area contributed by atoms with Gasteiger partial charge in [0.15, 0.2) is 8.32 Å². The molecule has 1 saturated carbocycles. The molecule has 0 amide bonds. The molecule has 0 aromatic rings. The highest BCUT2D eigenvalue weighted by atomic mass is 28.4. The van der Waals surface area contributed by atoms with E-state index in [-0.39, 0.29) is 0 Å². The van der Waals surface area contributed by atoms with Crippen LogP contribution in [-0.2, 0) is 8.85 Å². The summed E-state index contributed by atoms with van der Waals surface area (Å²) >= 11 is 0. The van der Waals surface area contributed by atoms with Gasteiger partial charge in [0.05, 0.1) is 12.2 Å². The molecule has 3 unspecified atom stereocenters. The monoisotopic (exact) mass is 274 g/mol. The summed E-state index contributed by atoms with van der Waals surface area (Å²) in [7, 11) is -4.01. The van der Waals surface area contributed by atoms with Gasteiger partial charge in [-0.25, -0.2) is 0 Å². The van der Waals surface area contributed by atoms with Crippen molar-refractivity contribution in [1.29, 1.82) is 0 Å². The first kappa shape index (κ1) is 13.7. The standard InChI is InChI=1S/C12H26O3Si2/c1-16(2,15-17(3,4)13)8-7-10-5-6-11-12(9-10)14-11/h10-13H,5-9H2,1-4H3. The summed E-state index contributed by atoms with van der Waals surface area (Å²) in [6, 6.07) is 1.17. The number of fused-ring (bicyclic) bond motifs is 1. The van der Waals surface area contributed by atoms with Crippen LogP contribution in [0.4, 0.5) is 0 Å². The molecule has 1 saturated heterocycles. The van der Waals surface area contributed by atoms with E-state index in [9.17, 15) is 4.80 Å². The zero-order valence-electron chi connectivity index (χ0n) is 11.5. The predicted molar refractivity (Wildman–Crippen MR) is 73.7 cm³/mol. The van der Waals surface area contributed by atoms with Crippen molar-refractivity contribution in [1.82, 2.24) is 0 Å². The van der Waals surface area contributed by atoms with E-state index in [1.54, 1.807) is 0 Å². The van der Waals surface area contributed by atoms with Crippen LogP contribution < -0.4 is 0 Å². The first-order valence-corrected chi connectivity index (χ1v) is 12.8. The molecular weight excluding hydrogens is 248 g/mol. The summed E-state index contributed by atoms with van der Waals surface area (Å²) in [5.74, 6) is 0.831. The van der Waals surface area contributed by atoms with Gasteiger partial charge in [0, 0.05) is 0 Å². The maximum Gasteiger partial charge on any atom is 0.318 e. The van der Waals surface area contributed by atoms with Crippen LogP contribution in [-0.4, -0.2) is 33.9 Å². The lowest BCUT2D eigenvalue weighted by molar-refractivity contribution is 0.349. The third kappa shape index (κ3) is 4.48. The topological polar surface area (TPSA) is 42.0 Å². The van der Waals surface area contributed by atoms with E-state index in [2.05, 4.69) is 13.1 Å². The first-order valence-electron chi connectivity index (χ1n) is 6.83. The van der Waals surface area contributed by atoms with Gasteiger partial charge in [-0.3, -0.25) is 0 Å². The zero-order chi connectivity index (χ0) is 12.7. The van der Waals surface area contributed by atoms with Gasteiger partial charge in [-0.2, -0.15) is 0 Å². The minimum absolute atomic E-state index is 0.586. The SMILES string of the molecule is C[Si](C)(O)O[Si](C)(C)CCC1CCC2OC2C1. The normalized spacial score (nSPS) is 33.4. The molecule has 1 aliphatic carbocycles. The van der Waals surface area contributed by atoms with Crippen LogP contribution >= 0.6 is 0 Å². The van der Waals surface area contributed by atoms with Gasteiger partial charge in [0.25, 0.3) is 0 Å². The minimum atomic E-state index is -2.35. The van der Waals surface area contributed by atoms with Gasteiger partial charge >= 0.3 is 8.56 Å². The van der Waals surface area contributed by atoms with Crippen molar-refractivity contribution in [2.75, 3.05) is 0 Å². The second-order valence-electron chi connectivity index (χ2n) is 6.74. The Bertz CT molecular complexity index is 275. The van der Waals surface area contributed by atoms with E-state index in [1.165, 1.54) is 31.7 Å². The number of epoxide rings is 1. The lowest BCUT2D eigenvalue weighted by Crippen LogP contribution is -2.44. The third-order valence-corrected chi connectivity index (χ3v) is 9.49. The lowest BCUT2D eigenvalue weighted by atomic mass is 9.88. The molecule has 1 aliphatic heterocycles. The molecule has 1 heterocycles. The van der Waals surface area contributed by atoms with E-state index >= 15 is 0 Å². The molecule has 0 aromatic carbocycles. The van der Waals surface area contributed by atoms with Crippen molar-refractivity contribution in [2.24, 2.45) is 5.92 Å². The van der Waals surface area contributed by atoms with Crippen molar-refractivity contribution in [2.45, 2.75) is 70.1 Å². The predicted octanol–water partition coefficient (Wildman–Crippen LogP) is 2.86. The van der Waals surface area contributed by atoms with Crippen LogP contribution in [0.3, 0.4) is 0 Å². The molecule has 5 heteroatoms. The average Bonchev–Trinajstić information content (AvgIpc) is 2.88. The molecule has 0 spiro atoms. The highest BCUT2D eigenvalue weighted by molar-refractivity contribution is 6.81.